The molecule has 2 heterocycles. The maximum atomic E-state index is 12.3. The zero-order chi connectivity index (χ0) is 18.6. The molecule has 27 heavy (non-hydrogen) atoms. The minimum absolute atomic E-state index is 0.0502. The van der Waals surface area contributed by atoms with E-state index in [2.05, 4.69) is 15.5 Å². The maximum absolute atomic E-state index is 12.3. The standard InChI is InChI=1S/C20H21N3O4/c24-19(13-18-20(25)22-16-3-1-2-4-17(16)27-18)21-14-5-7-15(8-6-14)23-9-11-26-12-10-23/h1-8,18H,9-13H2,(H,21,24)(H,22,25). The summed E-state index contributed by atoms with van der Waals surface area (Å²) in [6.07, 6.45) is -0.890. The number of benzene rings is 2. The number of morpholine rings is 1. The average Bonchev–Trinajstić information content (AvgIpc) is 2.70. The first-order valence-corrected chi connectivity index (χ1v) is 8.98. The van der Waals surface area contributed by atoms with Gasteiger partial charge in [-0.05, 0) is 36.4 Å². The van der Waals surface area contributed by atoms with Crippen LogP contribution in [0.3, 0.4) is 0 Å². The average molecular weight is 367 g/mol. The van der Waals surface area contributed by atoms with Crippen LogP contribution in [0.4, 0.5) is 17.1 Å². The summed E-state index contributed by atoms with van der Waals surface area (Å²) in [5, 5.41) is 5.59. The lowest BCUT2D eigenvalue weighted by Gasteiger charge is -2.29. The minimum atomic E-state index is -0.840. The molecule has 0 bridgehead atoms. The third kappa shape index (κ3) is 4.03. The highest BCUT2D eigenvalue weighted by atomic mass is 16.5. The van der Waals surface area contributed by atoms with E-state index >= 15 is 0 Å². The molecule has 2 aromatic carbocycles. The van der Waals surface area contributed by atoms with Crippen molar-refractivity contribution in [2.24, 2.45) is 0 Å². The largest absolute Gasteiger partial charge is 0.478 e. The van der Waals surface area contributed by atoms with Crippen molar-refractivity contribution in [3.8, 4) is 5.75 Å². The van der Waals surface area contributed by atoms with Crippen molar-refractivity contribution < 1.29 is 19.1 Å². The number of hydrogen-bond acceptors (Lipinski definition) is 5. The van der Waals surface area contributed by atoms with E-state index in [1.54, 1.807) is 12.1 Å². The van der Waals surface area contributed by atoms with Crippen LogP contribution in [0.5, 0.6) is 5.75 Å². The highest BCUT2D eigenvalue weighted by Crippen LogP contribution is 2.29. The third-order valence-corrected chi connectivity index (χ3v) is 4.60. The summed E-state index contributed by atoms with van der Waals surface area (Å²) in [6.45, 7) is 3.18. The Morgan fingerprint density at radius 2 is 1.85 bits per heavy atom. The van der Waals surface area contributed by atoms with E-state index in [-0.39, 0.29) is 18.2 Å². The molecule has 7 nitrogen and oxygen atoms in total. The Hall–Kier alpha value is -3.06. The Kier molecular flexibility index (Phi) is 4.93. The number of carbonyl (C=O) groups is 2. The SMILES string of the molecule is O=C(CC1Oc2ccccc2NC1=O)Nc1ccc(N2CCOCC2)cc1. The second-order valence-electron chi connectivity index (χ2n) is 6.49. The topological polar surface area (TPSA) is 79.9 Å². The zero-order valence-electron chi connectivity index (χ0n) is 14.8. The van der Waals surface area contributed by atoms with E-state index < -0.39 is 6.10 Å². The summed E-state index contributed by atoms with van der Waals surface area (Å²) in [5.41, 5.74) is 2.41. The van der Waals surface area contributed by atoms with Gasteiger partial charge in [-0.2, -0.15) is 0 Å². The summed E-state index contributed by atoms with van der Waals surface area (Å²) in [5.74, 6) is -0.00932. The van der Waals surface area contributed by atoms with Crippen LogP contribution >= 0.6 is 0 Å². The van der Waals surface area contributed by atoms with Crippen molar-refractivity contribution >= 4 is 28.9 Å². The summed E-state index contributed by atoms with van der Waals surface area (Å²) < 4.78 is 11.0. The molecule has 0 radical (unpaired) electrons. The van der Waals surface area contributed by atoms with E-state index in [1.165, 1.54) is 0 Å². The quantitative estimate of drug-likeness (QED) is 0.866. The summed E-state index contributed by atoms with van der Waals surface area (Å²) in [6, 6.07) is 14.8. The Morgan fingerprint density at radius 3 is 2.63 bits per heavy atom. The second-order valence-corrected chi connectivity index (χ2v) is 6.49. The fraction of sp³-hybridized carbons (Fsp3) is 0.300. The van der Waals surface area contributed by atoms with Crippen LogP contribution in [-0.4, -0.2) is 44.2 Å². The third-order valence-electron chi connectivity index (χ3n) is 4.60. The molecule has 0 aliphatic carbocycles. The van der Waals surface area contributed by atoms with Gasteiger partial charge in [-0.1, -0.05) is 12.1 Å². The molecule has 0 spiro atoms. The van der Waals surface area contributed by atoms with Crippen LogP contribution < -0.4 is 20.3 Å². The van der Waals surface area contributed by atoms with Gasteiger partial charge < -0.3 is 25.0 Å². The van der Waals surface area contributed by atoms with Gasteiger partial charge in [0, 0.05) is 24.5 Å². The van der Waals surface area contributed by atoms with Crippen LogP contribution in [0.1, 0.15) is 6.42 Å². The first-order chi connectivity index (χ1) is 13.2. The van der Waals surface area contributed by atoms with Gasteiger partial charge in [-0.15, -0.1) is 0 Å². The highest BCUT2D eigenvalue weighted by molar-refractivity contribution is 6.02. The van der Waals surface area contributed by atoms with Gasteiger partial charge in [0.15, 0.2) is 6.10 Å². The van der Waals surface area contributed by atoms with Crippen LogP contribution in [-0.2, 0) is 14.3 Å². The number of nitrogens with one attached hydrogen (secondary N) is 2. The summed E-state index contributed by atoms with van der Waals surface area (Å²) in [4.78, 5) is 26.7. The van der Waals surface area contributed by atoms with E-state index in [9.17, 15) is 9.59 Å². The lowest BCUT2D eigenvalue weighted by Crippen LogP contribution is -2.39. The Balaban J connectivity index is 1.35. The van der Waals surface area contributed by atoms with Crippen molar-refractivity contribution in [2.45, 2.75) is 12.5 Å². The number of nitrogens with zero attached hydrogens (tertiary/aromatic N) is 1. The molecule has 1 atom stereocenters. The van der Waals surface area contributed by atoms with Gasteiger partial charge in [-0.25, -0.2) is 0 Å². The number of para-hydroxylation sites is 2. The van der Waals surface area contributed by atoms with Crippen molar-refractivity contribution in [1.29, 1.82) is 0 Å². The molecule has 1 saturated heterocycles. The fourth-order valence-electron chi connectivity index (χ4n) is 3.18. The predicted octanol–water partition coefficient (Wildman–Crippen LogP) is 2.25. The number of rotatable bonds is 4. The van der Waals surface area contributed by atoms with Crippen LogP contribution in [0.15, 0.2) is 48.5 Å². The molecule has 2 aromatic rings. The smallest absolute Gasteiger partial charge is 0.266 e. The fourth-order valence-corrected chi connectivity index (χ4v) is 3.18. The molecule has 0 aromatic heterocycles. The van der Waals surface area contributed by atoms with Crippen molar-refractivity contribution in [2.75, 3.05) is 41.8 Å². The Morgan fingerprint density at radius 1 is 1.11 bits per heavy atom. The molecule has 2 aliphatic rings. The highest BCUT2D eigenvalue weighted by Gasteiger charge is 2.29. The number of ether oxygens (including phenoxy) is 2. The molecular weight excluding hydrogens is 346 g/mol. The first kappa shape index (κ1) is 17.4. The van der Waals surface area contributed by atoms with Crippen LogP contribution in [0.2, 0.25) is 0 Å². The van der Waals surface area contributed by atoms with Gasteiger partial charge in [0.1, 0.15) is 5.75 Å². The first-order valence-electron chi connectivity index (χ1n) is 8.98. The van der Waals surface area contributed by atoms with Crippen molar-refractivity contribution in [3.05, 3.63) is 48.5 Å². The van der Waals surface area contributed by atoms with E-state index in [0.717, 1.165) is 32.0 Å². The van der Waals surface area contributed by atoms with Crippen molar-refractivity contribution in [1.82, 2.24) is 0 Å². The van der Waals surface area contributed by atoms with Gasteiger partial charge >= 0.3 is 0 Å². The molecular formula is C20H21N3O4. The van der Waals surface area contributed by atoms with E-state index in [0.29, 0.717) is 17.1 Å². The lowest BCUT2D eigenvalue weighted by molar-refractivity contribution is -0.128. The second kappa shape index (κ2) is 7.67. The molecule has 140 valence electrons. The number of amides is 2. The maximum Gasteiger partial charge on any atom is 0.266 e. The molecule has 1 unspecified atom stereocenters. The normalized spacial score (nSPS) is 18.9. The van der Waals surface area contributed by atoms with Gasteiger partial charge in [0.2, 0.25) is 5.91 Å². The van der Waals surface area contributed by atoms with Crippen molar-refractivity contribution in [3.63, 3.8) is 0 Å². The minimum Gasteiger partial charge on any atom is -0.478 e. The molecule has 1 fully saturated rings. The molecule has 2 N–H and O–H groups in total. The van der Waals surface area contributed by atoms with Crippen LogP contribution in [0, 0.1) is 0 Å². The molecule has 4 rings (SSSR count). The number of anilines is 3. The van der Waals surface area contributed by atoms with Gasteiger partial charge in [0.25, 0.3) is 5.91 Å². The van der Waals surface area contributed by atoms with Gasteiger partial charge in [-0.3, -0.25) is 9.59 Å². The Bertz CT molecular complexity index is 831. The number of fused-ring (bicyclic) bond motifs is 1. The lowest BCUT2D eigenvalue weighted by atomic mass is 10.1. The van der Waals surface area contributed by atoms with Gasteiger partial charge in [0.05, 0.1) is 25.3 Å². The molecule has 2 amide bonds. The molecule has 7 heteroatoms. The van der Waals surface area contributed by atoms with E-state index in [1.807, 2.05) is 36.4 Å². The number of hydrogen-bond donors (Lipinski definition) is 2. The summed E-state index contributed by atoms with van der Waals surface area (Å²) >= 11 is 0. The van der Waals surface area contributed by atoms with Crippen LogP contribution in [0.25, 0.3) is 0 Å². The Labute approximate surface area is 157 Å². The number of carbonyl (C=O) groups excluding carboxylic acids is 2. The molecule has 0 saturated carbocycles. The monoisotopic (exact) mass is 367 g/mol. The van der Waals surface area contributed by atoms with E-state index in [4.69, 9.17) is 9.47 Å². The molecule has 2 aliphatic heterocycles. The summed E-state index contributed by atoms with van der Waals surface area (Å²) in [7, 11) is 0. The zero-order valence-corrected chi connectivity index (χ0v) is 14.8. The predicted molar refractivity (Wildman–Crippen MR) is 102 cm³/mol.